The van der Waals surface area contributed by atoms with E-state index in [9.17, 15) is 0 Å². The van der Waals surface area contributed by atoms with Crippen LogP contribution in [-0.4, -0.2) is 4.98 Å². The van der Waals surface area contributed by atoms with Gasteiger partial charge in [0.15, 0.2) is 0 Å². The van der Waals surface area contributed by atoms with E-state index in [1.807, 2.05) is 54.6 Å². The predicted octanol–water partition coefficient (Wildman–Crippen LogP) is 6.85. The minimum Gasteiger partial charge on any atom is -0.488 e. The largest absolute Gasteiger partial charge is 0.488 e. The lowest BCUT2D eigenvalue weighted by atomic mass is 10.2. The van der Waals surface area contributed by atoms with Crippen molar-refractivity contribution in [2.75, 3.05) is 0 Å². The highest BCUT2D eigenvalue weighted by molar-refractivity contribution is 7.21. The predicted molar refractivity (Wildman–Crippen MR) is 106 cm³/mol. The molecule has 0 N–H and O–H groups in total. The van der Waals surface area contributed by atoms with E-state index in [2.05, 4.69) is 6.07 Å². The smallest absolute Gasteiger partial charge is 0.130 e. The van der Waals surface area contributed by atoms with Crippen LogP contribution in [-0.2, 0) is 6.61 Å². The molecule has 0 fully saturated rings. The molecule has 5 heteroatoms. The Balaban J connectivity index is 1.63. The van der Waals surface area contributed by atoms with E-state index in [0.29, 0.717) is 16.7 Å². The molecule has 0 aliphatic carbocycles. The fraction of sp³-hybridized carbons (Fsp3) is 0.0500. The summed E-state index contributed by atoms with van der Waals surface area (Å²) in [6.45, 7) is 0.415. The lowest BCUT2D eigenvalue weighted by molar-refractivity contribution is 0.307. The Labute approximate surface area is 159 Å². The first-order valence-electron chi connectivity index (χ1n) is 7.72. The topological polar surface area (TPSA) is 22.1 Å². The van der Waals surface area contributed by atoms with Crippen LogP contribution in [0.5, 0.6) is 5.75 Å². The maximum Gasteiger partial charge on any atom is 0.130 e. The van der Waals surface area contributed by atoms with E-state index in [0.717, 1.165) is 32.1 Å². The van der Waals surface area contributed by atoms with Gasteiger partial charge in [-0.3, -0.25) is 0 Å². The third kappa shape index (κ3) is 3.49. The van der Waals surface area contributed by atoms with Crippen molar-refractivity contribution in [2.24, 2.45) is 0 Å². The van der Waals surface area contributed by atoms with Gasteiger partial charge in [0.05, 0.1) is 25.8 Å². The minimum atomic E-state index is 0.415. The average molecular weight is 386 g/mol. The Bertz CT molecular complexity index is 1010. The van der Waals surface area contributed by atoms with Crippen LogP contribution in [0.15, 0.2) is 66.7 Å². The number of hydrogen-bond donors (Lipinski definition) is 0. The molecule has 0 aliphatic rings. The second-order valence-corrected chi connectivity index (χ2v) is 7.37. The maximum atomic E-state index is 6.07. The Hall–Kier alpha value is -2.07. The summed E-state index contributed by atoms with van der Waals surface area (Å²) in [6, 6.07) is 21.6. The molecule has 0 saturated heterocycles. The molecule has 4 aromatic rings. The minimum absolute atomic E-state index is 0.415. The van der Waals surface area contributed by atoms with Crippen molar-refractivity contribution >= 4 is 44.8 Å². The number of nitrogens with zero attached hydrogens (tertiary/aromatic N) is 1. The first-order valence-corrected chi connectivity index (χ1v) is 9.29. The van der Waals surface area contributed by atoms with Gasteiger partial charge in [-0.2, -0.15) is 0 Å². The molecule has 1 heterocycles. The number of halogens is 2. The molecule has 2 nitrogen and oxygen atoms in total. The summed E-state index contributed by atoms with van der Waals surface area (Å²) in [5.41, 5.74) is 2.96. The van der Waals surface area contributed by atoms with Crippen LogP contribution in [0.4, 0.5) is 0 Å². The van der Waals surface area contributed by atoms with Crippen molar-refractivity contribution in [1.29, 1.82) is 0 Å². The summed E-state index contributed by atoms with van der Waals surface area (Å²) in [5, 5.41) is 2.02. The molecule has 0 aliphatic heterocycles. The molecule has 0 amide bonds. The molecule has 0 bridgehead atoms. The second-order valence-electron chi connectivity index (χ2n) is 5.52. The van der Waals surface area contributed by atoms with E-state index in [1.54, 1.807) is 17.4 Å². The molecule has 0 saturated carbocycles. The van der Waals surface area contributed by atoms with Crippen LogP contribution < -0.4 is 4.74 Å². The number of para-hydroxylation sites is 2. The summed E-state index contributed by atoms with van der Waals surface area (Å²) in [4.78, 5) is 4.72. The van der Waals surface area contributed by atoms with Crippen molar-refractivity contribution in [3.05, 3.63) is 82.3 Å². The zero-order valence-electron chi connectivity index (χ0n) is 13.1. The SMILES string of the molecule is Clc1ccc(COc2ccccc2-c2nc3ccccc3s2)cc1Cl. The summed E-state index contributed by atoms with van der Waals surface area (Å²) in [7, 11) is 0. The lowest BCUT2D eigenvalue weighted by Crippen LogP contribution is -1.97. The van der Waals surface area contributed by atoms with E-state index < -0.39 is 0 Å². The van der Waals surface area contributed by atoms with E-state index in [-0.39, 0.29) is 0 Å². The monoisotopic (exact) mass is 385 g/mol. The molecule has 25 heavy (non-hydrogen) atoms. The van der Waals surface area contributed by atoms with Crippen LogP contribution >= 0.6 is 34.5 Å². The number of rotatable bonds is 4. The van der Waals surface area contributed by atoms with Gasteiger partial charge in [-0.25, -0.2) is 4.98 Å². The van der Waals surface area contributed by atoms with Crippen molar-refractivity contribution in [1.82, 2.24) is 4.98 Å². The Morgan fingerprint density at radius 3 is 2.52 bits per heavy atom. The molecule has 124 valence electrons. The van der Waals surface area contributed by atoms with E-state index >= 15 is 0 Å². The Kier molecular flexibility index (Phi) is 4.62. The first-order chi connectivity index (χ1) is 12.2. The number of benzene rings is 3. The summed E-state index contributed by atoms with van der Waals surface area (Å²) in [6.07, 6.45) is 0. The van der Waals surface area contributed by atoms with Crippen molar-refractivity contribution < 1.29 is 4.74 Å². The number of fused-ring (bicyclic) bond motifs is 1. The van der Waals surface area contributed by atoms with Gasteiger partial charge < -0.3 is 4.74 Å². The molecular formula is C20H13Cl2NOS. The first kappa shape index (κ1) is 16.4. The van der Waals surface area contributed by atoms with Crippen LogP contribution in [0.25, 0.3) is 20.8 Å². The molecule has 0 atom stereocenters. The molecule has 0 unspecified atom stereocenters. The fourth-order valence-electron chi connectivity index (χ4n) is 2.55. The normalized spacial score (nSPS) is 11.0. The highest BCUT2D eigenvalue weighted by Gasteiger charge is 2.11. The van der Waals surface area contributed by atoms with Gasteiger partial charge in [-0.15, -0.1) is 11.3 Å². The van der Waals surface area contributed by atoms with Gasteiger partial charge in [0.2, 0.25) is 0 Å². The van der Waals surface area contributed by atoms with Gasteiger partial charge in [0, 0.05) is 0 Å². The zero-order valence-corrected chi connectivity index (χ0v) is 15.4. The van der Waals surface area contributed by atoms with Gasteiger partial charge >= 0.3 is 0 Å². The number of thiazole rings is 1. The standard InChI is InChI=1S/C20H13Cl2NOS/c21-15-10-9-13(11-16(15)22)12-24-18-7-3-1-5-14(18)20-23-17-6-2-4-8-19(17)25-20/h1-11H,12H2. The summed E-state index contributed by atoms with van der Waals surface area (Å²) < 4.78 is 7.20. The third-order valence-corrected chi connectivity index (χ3v) is 5.60. The molecule has 0 spiro atoms. The Morgan fingerprint density at radius 1 is 0.880 bits per heavy atom. The third-order valence-electron chi connectivity index (χ3n) is 3.79. The van der Waals surface area contributed by atoms with Crippen LogP contribution in [0, 0.1) is 0 Å². The second kappa shape index (κ2) is 7.04. The van der Waals surface area contributed by atoms with Crippen LogP contribution in [0.2, 0.25) is 10.0 Å². The molecule has 4 rings (SSSR count). The molecule has 1 aromatic heterocycles. The number of ether oxygens (including phenoxy) is 1. The maximum absolute atomic E-state index is 6.07. The quantitative estimate of drug-likeness (QED) is 0.383. The number of aromatic nitrogens is 1. The van der Waals surface area contributed by atoms with E-state index in [1.165, 1.54) is 0 Å². The fourth-order valence-corrected chi connectivity index (χ4v) is 3.86. The van der Waals surface area contributed by atoms with Crippen molar-refractivity contribution in [3.63, 3.8) is 0 Å². The lowest BCUT2D eigenvalue weighted by Gasteiger charge is -2.10. The molecule has 0 radical (unpaired) electrons. The highest BCUT2D eigenvalue weighted by atomic mass is 35.5. The number of hydrogen-bond acceptors (Lipinski definition) is 3. The molecular weight excluding hydrogens is 373 g/mol. The van der Waals surface area contributed by atoms with Crippen molar-refractivity contribution in [2.45, 2.75) is 6.61 Å². The van der Waals surface area contributed by atoms with Crippen molar-refractivity contribution in [3.8, 4) is 16.3 Å². The van der Waals surface area contributed by atoms with Gasteiger partial charge in [0.1, 0.15) is 17.4 Å². The van der Waals surface area contributed by atoms with Gasteiger partial charge in [-0.1, -0.05) is 53.5 Å². The molecule has 3 aromatic carbocycles. The van der Waals surface area contributed by atoms with Crippen LogP contribution in [0.1, 0.15) is 5.56 Å². The van der Waals surface area contributed by atoms with Gasteiger partial charge in [0.25, 0.3) is 0 Å². The summed E-state index contributed by atoms with van der Waals surface area (Å²) >= 11 is 13.7. The summed E-state index contributed by atoms with van der Waals surface area (Å²) in [5.74, 6) is 0.799. The highest BCUT2D eigenvalue weighted by Crippen LogP contribution is 2.36. The Morgan fingerprint density at radius 2 is 1.68 bits per heavy atom. The zero-order chi connectivity index (χ0) is 17.2. The van der Waals surface area contributed by atoms with Gasteiger partial charge in [-0.05, 0) is 42.0 Å². The van der Waals surface area contributed by atoms with Crippen LogP contribution in [0.3, 0.4) is 0 Å². The average Bonchev–Trinajstić information content (AvgIpc) is 3.07. The van der Waals surface area contributed by atoms with E-state index in [4.69, 9.17) is 32.9 Å².